The van der Waals surface area contributed by atoms with E-state index in [9.17, 15) is 0 Å². The summed E-state index contributed by atoms with van der Waals surface area (Å²) in [5, 5.41) is 3.34. The van der Waals surface area contributed by atoms with Crippen molar-refractivity contribution in [3.8, 4) is 0 Å². The number of hydrogen-bond donors (Lipinski definition) is 1. The number of hydrogen-bond acceptors (Lipinski definition) is 2. The minimum absolute atomic E-state index is 1.02. The molecule has 2 heteroatoms. The van der Waals surface area contributed by atoms with E-state index in [-0.39, 0.29) is 0 Å². The monoisotopic (exact) mass is 221 g/mol. The molecule has 1 aromatic rings. The van der Waals surface area contributed by atoms with Crippen LogP contribution in [0, 0.1) is 0 Å². The van der Waals surface area contributed by atoms with Crippen molar-refractivity contribution in [2.24, 2.45) is 0 Å². The van der Waals surface area contributed by atoms with Crippen molar-refractivity contribution < 1.29 is 0 Å². The standard InChI is InChI=1S/C13H19NS/c1-2-14-10-15-13-8-7-11-5-3-4-6-12(11)9-13/h7-9,14H,2-6,10H2,1H3. The summed E-state index contributed by atoms with van der Waals surface area (Å²) in [5.74, 6) is 1.02. The van der Waals surface area contributed by atoms with Gasteiger partial charge in [-0.05, 0) is 55.5 Å². The zero-order valence-electron chi connectivity index (χ0n) is 9.38. The maximum atomic E-state index is 3.34. The van der Waals surface area contributed by atoms with E-state index in [1.807, 2.05) is 11.8 Å². The number of aryl methyl sites for hydroxylation is 2. The van der Waals surface area contributed by atoms with Gasteiger partial charge < -0.3 is 5.32 Å². The van der Waals surface area contributed by atoms with Gasteiger partial charge >= 0.3 is 0 Å². The van der Waals surface area contributed by atoms with Crippen LogP contribution in [0.25, 0.3) is 0 Å². The molecule has 0 radical (unpaired) electrons. The first-order valence-corrected chi connectivity index (χ1v) is 6.84. The number of thioether (sulfide) groups is 1. The molecule has 15 heavy (non-hydrogen) atoms. The number of nitrogens with one attached hydrogen (secondary N) is 1. The Hall–Kier alpha value is -0.470. The Kier molecular flexibility index (Phi) is 4.09. The highest BCUT2D eigenvalue weighted by Crippen LogP contribution is 2.26. The molecule has 1 nitrogen and oxygen atoms in total. The van der Waals surface area contributed by atoms with Crippen molar-refractivity contribution in [3.05, 3.63) is 29.3 Å². The van der Waals surface area contributed by atoms with Crippen molar-refractivity contribution in [1.29, 1.82) is 0 Å². The average molecular weight is 221 g/mol. The summed E-state index contributed by atoms with van der Waals surface area (Å²) in [7, 11) is 0. The highest BCUT2D eigenvalue weighted by molar-refractivity contribution is 7.99. The van der Waals surface area contributed by atoms with Crippen LogP contribution in [-0.2, 0) is 12.8 Å². The van der Waals surface area contributed by atoms with Crippen molar-refractivity contribution in [3.63, 3.8) is 0 Å². The van der Waals surface area contributed by atoms with Gasteiger partial charge in [-0.2, -0.15) is 0 Å². The fraction of sp³-hybridized carbons (Fsp3) is 0.538. The lowest BCUT2D eigenvalue weighted by Gasteiger charge is -2.16. The summed E-state index contributed by atoms with van der Waals surface area (Å²) in [6.07, 6.45) is 5.31. The van der Waals surface area contributed by atoms with Crippen LogP contribution in [0.3, 0.4) is 0 Å². The van der Waals surface area contributed by atoms with Gasteiger partial charge in [0, 0.05) is 10.8 Å². The maximum absolute atomic E-state index is 3.34. The number of benzene rings is 1. The summed E-state index contributed by atoms with van der Waals surface area (Å²) in [6, 6.07) is 6.98. The third-order valence-corrected chi connectivity index (χ3v) is 3.85. The molecule has 0 atom stereocenters. The summed E-state index contributed by atoms with van der Waals surface area (Å²) in [5.41, 5.74) is 3.16. The van der Waals surface area contributed by atoms with Crippen LogP contribution in [0.4, 0.5) is 0 Å². The van der Waals surface area contributed by atoms with Crippen LogP contribution in [0.1, 0.15) is 30.9 Å². The molecule has 0 aromatic heterocycles. The van der Waals surface area contributed by atoms with Crippen molar-refractivity contribution >= 4 is 11.8 Å². The topological polar surface area (TPSA) is 12.0 Å². The molecule has 0 amide bonds. The second-order valence-electron chi connectivity index (χ2n) is 4.03. The fourth-order valence-corrected chi connectivity index (χ4v) is 2.90. The molecule has 1 aliphatic rings. The summed E-state index contributed by atoms with van der Waals surface area (Å²) < 4.78 is 0. The lowest BCUT2D eigenvalue weighted by molar-refractivity contribution is 0.683. The third kappa shape index (κ3) is 2.99. The molecule has 0 saturated carbocycles. The molecule has 0 bridgehead atoms. The molecule has 0 heterocycles. The third-order valence-electron chi connectivity index (χ3n) is 2.91. The first-order chi connectivity index (χ1) is 7.40. The van der Waals surface area contributed by atoms with E-state index in [4.69, 9.17) is 0 Å². The Morgan fingerprint density at radius 2 is 2.00 bits per heavy atom. The maximum Gasteiger partial charge on any atom is 0.0465 e. The van der Waals surface area contributed by atoms with E-state index in [1.54, 1.807) is 11.1 Å². The Labute approximate surface area is 96.7 Å². The lowest BCUT2D eigenvalue weighted by Crippen LogP contribution is -2.10. The second-order valence-corrected chi connectivity index (χ2v) is 5.08. The Balaban J connectivity index is 2.00. The molecule has 1 aromatic carbocycles. The van der Waals surface area contributed by atoms with Crippen LogP contribution >= 0.6 is 11.8 Å². The highest BCUT2D eigenvalue weighted by atomic mass is 32.2. The Morgan fingerprint density at radius 1 is 1.20 bits per heavy atom. The molecule has 1 N–H and O–H groups in total. The van der Waals surface area contributed by atoms with Crippen LogP contribution in [-0.4, -0.2) is 12.4 Å². The first kappa shape index (κ1) is 11.0. The molecule has 0 fully saturated rings. The van der Waals surface area contributed by atoms with Gasteiger partial charge in [-0.3, -0.25) is 0 Å². The lowest BCUT2D eigenvalue weighted by atomic mass is 9.92. The van der Waals surface area contributed by atoms with E-state index in [0.717, 1.165) is 12.4 Å². The fourth-order valence-electron chi connectivity index (χ4n) is 2.04. The van der Waals surface area contributed by atoms with E-state index in [1.165, 1.54) is 30.6 Å². The Bertz CT molecular complexity index is 322. The molecule has 0 aliphatic heterocycles. The van der Waals surface area contributed by atoms with E-state index in [0.29, 0.717) is 0 Å². The molecule has 82 valence electrons. The van der Waals surface area contributed by atoms with Gasteiger partial charge in [-0.25, -0.2) is 0 Å². The molecule has 2 rings (SSSR count). The minimum Gasteiger partial charge on any atom is -0.308 e. The van der Waals surface area contributed by atoms with Crippen molar-refractivity contribution in [1.82, 2.24) is 5.32 Å². The predicted octanol–water partition coefficient (Wildman–Crippen LogP) is 3.22. The average Bonchev–Trinajstić information content (AvgIpc) is 2.29. The SMILES string of the molecule is CCNCSc1ccc2c(c1)CCCC2. The van der Waals surface area contributed by atoms with Gasteiger partial charge in [0.25, 0.3) is 0 Å². The van der Waals surface area contributed by atoms with Gasteiger partial charge in [-0.15, -0.1) is 11.8 Å². The zero-order chi connectivity index (χ0) is 10.5. The highest BCUT2D eigenvalue weighted by Gasteiger charge is 2.09. The van der Waals surface area contributed by atoms with Gasteiger partial charge in [0.2, 0.25) is 0 Å². The van der Waals surface area contributed by atoms with E-state index < -0.39 is 0 Å². The van der Waals surface area contributed by atoms with Gasteiger partial charge in [0.15, 0.2) is 0 Å². The number of fused-ring (bicyclic) bond motifs is 1. The minimum atomic E-state index is 1.02. The van der Waals surface area contributed by atoms with E-state index in [2.05, 4.69) is 30.4 Å². The van der Waals surface area contributed by atoms with Crippen molar-refractivity contribution in [2.45, 2.75) is 37.5 Å². The molecule has 0 spiro atoms. The predicted molar refractivity (Wildman–Crippen MR) is 67.5 cm³/mol. The first-order valence-electron chi connectivity index (χ1n) is 5.85. The van der Waals surface area contributed by atoms with Gasteiger partial charge in [0.1, 0.15) is 0 Å². The smallest absolute Gasteiger partial charge is 0.0465 e. The van der Waals surface area contributed by atoms with Gasteiger partial charge in [-0.1, -0.05) is 13.0 Å². The molecular formula is C13H19NS. The van der Waals surface area contributed by atoms with Crippen LogP contribution in [0.2, 0.25) is 0 Å². The summed E-state index contributed by atoms with van der Waals surface area (Å²) >= 11 is 1.91. The quantitative estimate of drug-likeness (QED) is 0.476. The van der Waals surface area contributed by atoms with Gasteiger partial charge in [0.05, 0.1) is 0 Å². The van der Waals surface area contributed by atoms with Crippen molar-refractivity contribution in [2.75, 3.05) is 12.4 Å². The zero-order valence-corrected chi connectivity index (χ0v) is 10.2. The van der Waals surface area contributed by atoms with Crippen LogP contribution in [0.15, 0.2) is 23.1 Å². The Morgan fingerprint density at radius 3 is 2.80 bits per heavy atom. The summed E-state index contributed by atoms with van der Waals surface area (Å²) in [4.78, 5) is 1.41. The van der Waals surface area contributed by atoms with Crippen LogP contribution < -0.4 is 5.32 Å². The molecular weight excluding hydrogens is 202 g/mol. The molecule has 1 aliphatic carbocycles. The summed E-state index contributed by atoms with van der Waals surface area (Å²) in [6.45, 7) is 3.20. The van der Waals surface area contributed by atoms with E-state index >= 15 is 0 Å². The molecule has 0 saturated heterocycles. The number of rotatable bonds is 4. The second kappa shape index (κ2) is 5.57. The molecule has 0 unspecified atom stereocenters. The normalized spacial score (nSPS) is 15.0. The largest absolute Gasteiger partial charge is 0.308 e. The van der Waals surface area contributed by atoms with Crippen LogP contribution in [0.5, 0.6) is 0 Å².